The number of nitrogens with zero attached hydrogens (tertiary/aromatic N) is 3. The molecule has 92 valence electrons. The number of hydrogen-bond donors (Lipinski definition) is 1. The Morgan fingerprint density at radius 2 is 2.41 bits per heavy atom. The van der Waals surface area contributed by atoms with Crippen LogP contribution >= 0.6 is 0 Å². The van der Waals surface area contributed by atoms with E-state index < -0.39 is 5.97 Å². The monoisotopic (exact) mass is 237 g/mol. The summed E-state index contributed by atoms with van der Waals surface area (Å²) in [6.07, 6.45) is 1.72. The van der Waals surface area contributed by atoms with Gasteiger partial charge < -0.3 is 9.63 Å². The quantitative estimate of drug-likeness (QED) is 0.813. The second-order valence-electron chi connectivity index (χ2n) is 4.92. The SMILES string of the molecule is Cc1noc(C2CN3CCC2CC3C(=O)O)n1. The highest BCUT2D eigenvalue weighted by atomic mass is 16.5. The molecule has 3 aliphatic rings. The third-order valence-electron chi connectivity index (χ3n) is 3.90. The molecule has 0 saturated carbocycles. The van der Waals surface area contributed by atoms with Crippen LogP contribution in [0.2, 0.25) is 0 Å². The molecule has 6 nitrogen and oxygen atoms in total. The summed E-state index contributed by atoms with van der Waals surface area (Å²) < 4.78 is 5.22. The first-order valence-electron chi connectivity index (χ1n) is 5.92. The third-order valence-corrected chi connectivity index (χ3v) is 3.90. The summed E-state index contributed by atoms with van der Waals surface area (Å²) in [5.74, 6) is 1.17. The zero-order valence-electron chi connectivity index (χ0n) is 9.67. The molecule has 6 heteroatoms. The summed E-state index contributed by atoms with van der Waals surface area (Å²) >= 11 is 0. The molecule has 4 rings (SSSR count). The number of rotatable bonds is 2. The van der Waals surface area contributed by atoms with Crippen LogP contribution in [0.25, 0.3) is 0 Å². The van der Waals surface area contributed by atoms with E-state index in [1.165, 1.54) is 0 Å². The minimum absolute atomic E-state index is 0.209. The minimum atomic E-state index is -0.713. The summed E-state index contributed by atoms with van der Waals surface area (Å²) in [5.41, 5.74) is 0. The van der Waals surface area contributed by atoms with Crippen LogP contribution in [0.5, 0.6) is 0 Å². The predicted octanol–water partition coefficient (Wildman–Crippen LogP) is 0.640. The Kier molecular flexibility index (Phi) is 2.39. The fourth-order valence-electron chi connectivity index (χ4n) is 3.03. The van der Waals surface area contributed by atoms with Crippen molar-refractivity contribution in [2.45, 2.75) is 31.7 Å². The Morgan fingerprint density at radius 3 is 2.94 bits per heavy atom. The molecule has 0 amide bonds. The fraction of sp³-hybridized carbons (Fsp3) is 0.727. The average Bonchev–Trinajstić information content (AvgIpc) is 2.76. The van der Waals surface area contributed by atoms with Crippen LogP contribution in [0, 0.1) is 12.8 Å². The Labute approximate surface area is 98.6 Å². The van der Waals surface area contributed by atoms with Crippen molar-refractivity contribution < 1.29 is 14.4 Å². The number of carboxylic acid groups (broad SMARTS) is 1. The molecule has 4 heterocycles. The van der Waals surface area contributed by atoms with Gasteiger partial charge in [-0.25, -0.2) is 0 Å². The molecule has 0 aromatic carbocycles. The van der Waals surface area contributed by atoms with E-state index in [1.54, 1.807) is 6.92 Å². The highest BCUT2D eigenvalue weighted by molar-refractivity contribution is 5.73. The third kappa shape index (κ3) is 1.72. The molecule has 0 aliphatic carbocycles. The van der Waals surface area contributed by atoms with Crippen molar-refractivity contribution >= 4 is 5.97 Å². The van der Waals surface area contributed by atoms with Gasteiger partial charge in [0, 0.05) is 6.54 Å². The first-order chi connectivity index (χ1) is 8.15. The van der Waals surface area contributed by atoms with E-state index in [1.807, 2.05) is 4.90 Å². The molecule has 1 N–H and O–H groups in total. The van der Waals surface area contributed by atoms with E-state index in [0.717, 1.165) is 19.5 Å². The summed E-state index contributed by atoms with van der Waals surface area (Å²) in [7, 11) is 0. The number of hydrogen-bond acceptors (Lipinski definition) is 5. The van der Waals surface area contributed by atoms with Gasteiger partial charge in [0.05, 0.1) is 5.92 Å². The van der Waals surface area contributed by atoms with Crippen molar-refractivity contribution in [2.24, 2.45) is 5.92 Å². The van der Waals surface area contributed by atoms with Gasteiger partial charge in [0.15, 0.2) is 5.82 Å². The van der Waals surface area contributed by atoms with Crippen LogP contribution in [-0.2, 0) is 4.79 Å². The average molecular weight is 237 g/mol. The summed E-state index contributed by atoms with van der Waals surface area (Å²) in [6.45, 7) is 3.39. The number of carbonyl (C=O) groups is 1. The topological polar surface area (TPSA) is 79.5 Å². The molecule has 4 unspecified atom stereocenters. The second-order valence-corrected chi connectivity index (χ2v) is 4.92. The van der Waals surface area contributed by atoms with Crippen LogP contribution in [0.3, 0.4) is 0 Å². The maximum absolute atomic E-state index is 11.1. The van der Waals surface area contributed by atoms with Crippen molar-refractivity contribution in [3.63, 3.8) is 0 Å². The van der Waals surface area contributed by atoms with Gasteiger partial charge in [-0.2, -0.15) is 4.98 Å². The zero-order valence-corrected chi connectivity index (χ0v) is 9.67. The Balaban J connectivity index is 1.81. The van der Waals surface area contributed by atoms with E-state index in [4.69, 9.17) is 9.63 Å². The van der Waals surface area contributed by atoms with Gasteiger partial charge in [-0.3, -0.25) is 9.69 Å². The number of piperidine rings is 3. The lowest BCUT2D eigenvalue weighted by Crippen LogP contribution is -2.55. The Hall–Kier alpha value is -1.43. The van der Waals surface area contributed by atoms with Crippen molar-refractivity contribution in [2.75, 3.05) is 13.1 Å². The number of aliphatic carboxylic acids is 1. The van der Waals surface area contributed by atoms with E-state index in [9.17, 15) is 4.79 Å². The van der Waals surface area contributed by atoms with Gasteiger partial charge in [-0.1, -0.05) is 5.16 Å². The largest absolute Gasteiger partial charge is 0.480 e. The molecule has 3 fully saturated rings. The zero-order chi connectivity index (χ0) is 12.0. The van der Waals surface area contributed by atoms with Gasteiger partial charge >= 0.3 is 5.97 Å². The molecule has 17 heavy (non-hydrogen) atoms. The van der Waals surface area contributed by atoms with Gasteiger partial charge in [0.25, 0.3) is 0 Å². The fourth-order valence-corrected chi connectivity index (χ4v) is 3.03. The first-order valence-corrected chi connectivity index (χ1v) is 5.92. The van der Waals surface area contributed by atoms with Crippen molar-refractivity contribution in [1.29, 1.82) is 0 Å². The number of fused-ring (bicyclic) bond motifs is 3. The van der Waals surface area contributed by atoms with Crippen LogP contribution < -0.4 is 0 Å². The normalized spacial score (nSPS) is 36.1. The van der Waals surface area contributed by atoms with Gasteiger partial charge in [-0.15, -0.1) is 0 Å². The van der Waals surface area contributed by atoms with Crippen LogP contribution in [0.15, 0.2) is 4.52 Å². The second kappa shape index (κ2) is 3.80. The number of aromatic nitrogens is 2. The molecule has 4 atom stereocenters. The van der Waals surface area contributed by atoms with Gasteiger partial charge in [0.2, 0.25) is 5.89 Å². The maximum atomic E-state index is 11.1. The number of carboxylic acids is 1. The van der Waals surface area contributed by atoms with Crippen molar-refractivity contribution in [1.82, 2.24) is 15.0 Å². The molecule has 0 radical (unpaired) electrons. The lowest BCUT2D eigenvalue weighted by Gasteiger charge is -2.46. The number of aryl methyl sites for hydroxylation is 1. The molecule has 2 bridgehead atoms. The smallest absolute Gasteiger partial charge is 0.320 e. The van der Waals surface area contributed by atoms with E-state index >= 15 is 0 Å². The van der Waals surface area contributed by atoms with Crippen molar-refractivity contribution in [3.05, 3.63) is 11.7 Å². The molecule has 3 saturated heterocycles. The lowest BCUT2D eigenvalue weighted by molar-refractivity contribution is -0.148. The molecule has 1 aromatic rings. The lowest BCUT2D eigenvalue weighted by atomic mass is 9.75. The Bertz CT molecular complexity index is 445. The van der Waals surface area contributed by atoms with Crippen LogP contribution in [0.4, 0.5) is 0 Å². The minimum Gasteiger partial charge on any atom is -0.480 e. The standard InChI is InChI=1S/C11H15N3O3/c1-6-12-10(17-13-6)8-5-14-3-2-7(8)4-9(14)11(15)16/h7-9H,2-5H2,1H3,(H,15,16). The van der Waals surface area contributed by atoms with E-state index in [-0.39, 0.29) is 12.0 Å². The van der Waals surface area contributed by atoms with Crippen LogP contribution in [0.1, 0.15) is 30.5 Å². The highest BCUT2D eigenvalue weighted by Gasteiger charge is 2.45. The first kappa shape index (κ1) is 10.7. The summed E-state index contributed by atoms with van der Waals surface area (Å²) in [6, 6.07) is -0.325. The summed E-state index contributed by atoms with van der Waals surface area (Å²) in [4.78, 5) is 17.4. The molecule has 1 aromatic heterocycles. The molecular formula is C11H15N3O3. The predicted molar refractivity (Wildman–Crippen MR) is 57.5 cm³/mol. The van der Waals surface area contributed by atoms with E-state index in [0.29, 0.717) is 24.1 Å². The molecule has 3 aliphatic heterocycles. The van der Waals surface area contributed by atoms with Crippen LogP contribution in [-0.4, -0.2) is 45.2 Å². The maximum Gasteiger partial charge on any atom is 0.320 e. The van der Waals surface area contributed by atoms with Gasteiger partial charge in [0.1, 0.15) is 6.04 Å². The van der Waals surface area contributed by atoms with E-state index in [2.05, 4.69) is 10.1 Å². The highest BCUT2D eigenvalue weighted by Crippen LogP contribution is 2.41. The van der Waals surface area contributed by atoms with Crippen molar-refractivity contribution in [3.8, 4) is 0 Å². The molecular weight excluding hydrogens is 222 g/mol. The Morgan fingerprint density at radius 1 is 1.59 bits per heavy atom. The summed E-state index contributed by atoms with van der Waals surface area (Å²) in [5, 5.41) is 12.9. The molecule has 0 spiro atoms. The van der Waals surface area contributed by atoms with Gasteiger partial charge in [-0.05, 0) is 32.2 Å².